The number of benzene rings is 2. The molecule has 0 spiro atoms. The lowest BCUT2D eigenvalue weighted by atomic mass is 10.0. The SMILES string of the molecule is C/C(=N/NC(=O)CNC(=O)c1ccc(Cl)cc1)c1ccc(C(C)C)cc1. The molecular weight excluding hydrogens is 350 g/mol. The third-order valence-electron chi connectivity index (χ3n) is 3.86. The second-order valence-corrected chi connectivity index (χ2v) is 6.63. The van der Waals surface area contributed by atoms with E-state index in [2.05, 4.69) is 29.7 Å². The van der Waals surface area contributed by atoms with E-state index in [-0.39, 0.29) is 12.5 Å². The standard InChI is InChI=1S/C20H22ClN3O2/c1-13(2)15-4-6-16(7-5-15)14(3)23-24-19(25)12-22-20(26)17-8-10-18(21)11-9-17/h4-11,13H,12H2,1-3H3,(H,22,26)(H,24,25)/b23-14-. The van der Waals surface area contributed by atoms with E-state index >= 15 is 0 Å². The first kappa shape index (κ1) is 19.7. The first-order valence-corrected chi connectivity index (χ1v) is 8.72. The highest BCUT2D eigenvalue weighted by molar-refractivity contribution is 6.30. The molecule has 2 aromatic carbocycles. The minimum atomic E-state index is -0.398. The third-order valence-corrected chi connectivity index (χ3v) is 4.11. The molecule has 0 aliphatic rings. The number of hydrogen-bond acceptors (Lipinski definition) is 3. The molecule has 0 fully saturated rings. The van der Waals surface area contributed by atoms with E-state index in [1.807, 2.05) is 31.2 Å². The lowest BCUT2D eigenvalue weighted by Gasteiger charge is -2.07. The summed E-state index contributed by atoms with van der Waals surface area (Å²) in [4.78, 5) is 23.8. The molecule has 5 nitrogen and oxygen atoms in total. The van der Waals surface area contributed by atoms with Crippen LogP contribution in [-0.2, 0) is 4.79 Å². The second kappa shape index (κ2) is 9.15. The molecule has 136 valence electrons. The van der Waals surface area contributed by atoms with Crippen LogP contribution in [0.4, 0.5) is 0 Å². The van der Waals surface area contributed by atoms with Crippen molar-refractivity contribution in [3.63, 3.8) is 0 Å². The van der Waals surface area contributed by atoms with Crippen LogP contribution in [0.25, 0.3) is 0 Å². The van der Waals surface area contributed by atoms with E-state index in [9.17, 15) is 9.59 Å². The number of nitrogens with one attached hydrogen (secondary N) is 2. The summed E-state index contributed by atoms with van der Waals surface area (Å²) < 4.78 is 0. The summed E-state index contributed by atoms with van der Waals surface area (Å²) in [6.45, 7) is 5.92. The van der Waals surface area contributed by atoms with Gasteiger partial charge in [-0.25, -0.2) is 5.43 Å². The summed E-state index contributed by atoms with van der Waals surface area (Å²) in [7, 11) is 0. The number of hydrogen-bond donors (Lipinski definition) is 2. The molecule has 0 bridgehead atoms. The highest BCUT2D eigenvalue weighted by atomic mass is 35.5. The van der Waals surface area contributed by atoms with Gasteiger partial charge in [0.2, 0.25) is 0 Å². The molecule has 2 aromatic rings. The average molecular weight is 372 g/mol. The van der Waals surface area contributed by atoms with E-state index in [0.29, 0.717) is 22.2 Å². The zero-order valence-corrected chi connectivity index (χ0v) is 15.8. The quantitative estimate of drug-likeness (QED) is 0.600. The number of carbonyl (C=O) groups excluding carboxylic acids is 2. The van der Waals surface area contributed by atoms with Crippen molar-refractivity contribution in [2.75, 3.05) is 6.54 Å². The van der Waals surface area contributed by atoms with Crippen LogP contribution < -0.4 is 10.7 Å². The Bertz CT molecular complexity index is 797. The summed E-state index contributed by atoms with van der Waals surface area (Å²) in [6.07, 6.45) is 0. The number of carbonyl (C=O) groups is 2. The van der Waals surface area contributed by atoms with Gasteiger partial charge in [-0.15, -0.1) is 0 Å². The molecule has 2 amide bonds. The molecule has 0 radical (unpaired) electrons. The van der Waals surface area contributed by atoms with E-state index in [1.54, 1.807) is 24.3 Å². The van der Waals surface area contributed by atoms with Gasteiger partial charge in [0.1, 0.15) is 0 Å². The van der Waals surface area contributed by atoms with Crippen LogP contribution in [0.1, 0.15) is 48.2 Å². The van der Waals surface area contributed by atoms with Crippen LogP contribution in [0.15, 0.2) is 53.6 Å². The van der Waals surface area contributed by atoms with Gasteiger partial charge in [0.15, 0.2) is 0 Å². The summed E-state index contributed by atoms with van der Waals surface area (Å²) >= 11 is 5.78. The zero-order chi connectivity index (χ0) is 19.1. The molecule has 0 aliphatic carbocycles. The van der Waals surface area contributed by atoms with Crippen molar-refractivity contribution in [1.82, 2.24) is 10.7 Å². The number of halogens is 1. The van der Waals surface area contributed by atoms with E-state index < -0.39 is 5.91 Å². The summed E-state index contributed by atoms with van der Waals surface area (Å²) in [5.74, 6) is -0.280. The van der Waals surface area contributed by atoms with E-state index in [4.69, 9.17) is 11.6 Å². The van der Waals surface area contributed by atoms with Crippen LogP contribution >= 0.6 is 11.6 Å². The maximum absolute atomic E-state index is 11.9. The molecule has 2 N–H and O–H groups in total. The Balaban J connectivity index is 1.85. The topological polar surface area (TPSA) is 70.6 Å². The smallest absolute Gasteiger partial charge is 0.259 e. The first-order chi connectivity index (χ1) is 12.4. The van der Waals surface area contributed by atoms with Gasteiger partial charge >= 0.3 is 0 Å². The maximum Gasteiger partial charge on any atom is 0.259 e. The third kappa shape index (κ3) is 5.70. The van der Waals surface area contributed by atoms with Crippen molar-refractivity contribution in [2.24, 2.45) is 5.10 Å². The Morgan fingerprint density at radius 1 is 1.00 bits per heavy atom. The Kier molecular flexibility index (Phi) is 6.92. The van der Waals surface area contributed by atoms with Gasteiger partial charge in [-0.1, -0.05) is 49.7 Å². The lowest BCUT2D eigenvalue weighted by Crippen LogP contribution is -2.35. The fourth-order valence-corrected chi connectivity index (χ4v) is 2.35. The van der Waals surface area contributed by atoms with Gasteiger partial charge in [-0.2, -0.15) is 5.10 Å². The normalized spacial score (nSPS) is 11.3. The predicted octanol–water partition coefficient (Wildman–Crippen LogP) is 3.73. The Hall–Kier alpha value is -2.66. The molecule has 0 saturated carbocycles. The summed E-state index contributed by atoms with van der Waals surface area (Å²) in [6, 6.07) is 14.5. The van der Waals surface area contributed by atoms with Gasteiger partial charge in [0.25, 0.3) is 11.8 Å². The highest BCUT2D eigenvalue weighted by Crippen LogP contribution is 2.15. The van der Waals surface area contributed by atoms with Crippen molar-refractivity contribution in [1.29, 1.82) is 0 Å². The van der Waals surface area contributed by atoms with Gasteiger partial charge in [-0.05, 0) is 48.2 Å². The summed E-state index contributed by atoms with van der Waals surface area (Å²) in [5.41, 5.74) is 5.75. The molecule has 0 heterocycles. The number of nitrogens with zero attached hydrogens (tertiary/aromatic N) is 1. The molecule has 2 rings (SSSR count). The van der Waals surface area contributed by atoms with Crippen molar-refractivity contribution < 1.29 is 9.59 Å². The molecule has 26 heavy (non-hydrogen) atoms. The monoisotopic (exact) mass is 371 g/mol. The molecule has 0 aliphatic heterocycles. The average Bonchev–Trinajstić information content (AvgIpc) is 2.64. The first-order valence-electron chi connectivity index (χ1n) is 8.34. The lowest BCUT2D eigenvalue weighted by molar-refractivity contribution is -0.120. The molecule has 6 heteroatoms. The number of hydrazone groups is 1. The largest absolute Gasteiger partial charge is 0.343 e. The molecule has 0 aromatic heterocycles. The van der Waals surface area contributed by atoms with Gasteiger partial charge in [0, 0.05) is 10.6 Å². The van der Waals surface area contributed by atoms with Crippen molar-refractivity contribution in [2.45, 2.75) is 26.7 Å². The summed E-state index contributed by atoms with van der Waals surface area (Å²) in [5, 5.41) is 7.16. The Morgan fingerprint density at radius 2 is 1.58 bits per heavy atom. The van der Waals surface area contributed by atoms with Crippen LogP contribution in [0.2, 0.25) is 5.02 Å². The highest BCUT2D eigenvalue weighted by Gasteiger charge is 2.08. The Labute approximate surface area is 158 Å². The number of amides is 2. The molecule has 0 saturated heterocycles. The van der Waals surface area contributed by atoms with Crippen molar-refractivity contribution in [3.05, 3.63) is 70.2 Å². The van der Waals surface area contributed by atoms with E-state index in [1.165, 1.54) is 5.56 Å². The maximum atomic E-state index is 11.9. The van der Waals surface area contributed by atoms with Gasteiger partial charge in [0.05, 0.1) is 12.3 Å². The minimum Gasteiger partial charge on any atom is -0.343 e. The van der Waals surface area contributed by atoms with Crippen LogP contribution in [-0.4, -0.2) is 24.1 Å². The predicted molar refractivity (Wildman–Crippen MR) is 105 cm³/mol. The van der Waals surface area contributed by atoms with Crippen molar-refractivity contribution in [3.8, 4) is 0 Å². The van der Waals surface area contributed by atoms with Crippen LogP contribution in [0.3, 0.4) is 0 Å². The molecule has 0 atom stereocenters. The Morgan fingerprint density at radius 3 is 2.15 bits per heavy atom. The van der Waals surface area contributed by atoms with Gasteiger partial charge < -0.3 is 5.32 Å². The van der Waals surface area contributed by atoms with E-state index in [0.717, 1.165) is 5.56 Å². The number of rotatable bonds is 6. The zero-order valence-electron chi connectivity index (χ0n) is 15.0. The van der Waals surface area contributed by atoms with Crippen LogP contribution in [0, 0.1) is 0 Å². The fourth-order valence-electron chi connectivity index (χ4n) is 2.22. The second-order valence-electron chi connectivity index (χ2n) is 6.20. The molecular formula is C20H22ClN3O2. The minimum absolute atomic E-state index is 0.162. The van der Waals surface area contributed by atoms with Crippen LogP contribution in [0.5, 0.6) is 0 Å². The molecule has 0 unspecified atom stereocenters. The fraction of sp³-hybridized carbons (Fsp3) is 0.250. The van der Waals surface area contributed by atoms with Crippen molar-refractivity contribution >= 4 is 29.1 Å². The van der Waals surface area contributed by atoms with Gasteiger partial charge in [-0.3, -0.25) is 9.59 Å².